The first-order valence-electron chi connectivity index (χ1n) is 6.55. The molecule has 0 saturated heterocycles. The lowest BCUT2D eigenvalue weighted by Gasteiger charge is -2.22. The molecule has 102 valence electrons. The maximum Gasteiger partial charge on any atom is 0.120 e. The predicted octanol–water partition coefficient (Wildman–Crippen LogP) is 1.89. The molecule has 1 aromatic carbocycles. The largest absolute Gasteiger partial charge is 0.494 e. The highest BCUT2D eigenvalue weighted by Crippen LogP contribution is 2.19. The number of nitrogens with two attached hydrogens (primary N) is 1. The van der Waals surface area contributed by atoms with E-state index in [9.17, 15) is 0 Å². The molecule has 1 atom stereocenters. The van der Waals surface area contributed by atoms with Crippen molar-refractivity contribution in [1.82, 2.24) is 9.88 Å². The first kappa shape index (κ1) is 13.8. The summed E-state index contributed by atoms with van der Waals surface area (Å²) in [6.07, 6.45) is 2.72. The van der Waals surface area contributed by atoms with Crippen molar-refractivity contribution in [2.45, 2.75) is 12.5 Å². The van der Waals surface area contributed by atoms with Gasteiger partial charge in [-0.05, 0) is 44.8 Å². The second kappa shape index (κ2) is 6.50. The highest BCUT2D eigenvalue weighted by molar-refractivity contribution is 5.79. The van der Waals surface area contributed by atoms with Gasteiger partial charge in [0.15, 0.2) is 0 Å². The van der Waals surface area contributed by atoms with Gasteiger partial charge in [-0.1, -0.05) is 6.07 Å². The monoisotopic (exact) mass is 259 g/mol. The van der Waals surface area contributed by atoms with Crippen molar-refractivity contribution in [3.8, 4) is 5.75 Å². The van der Waals surface area contributed by atoms with E-state index < -0.39 is 0 Å². The van der Waals surface area contributed by atoms with Crippen LogP contribution in [-0.2, 0) is 0 Å². The molecule has 4 heteroatoms. The molecular formula is C15H21N3O. The van der Waals surface area contributed by atoms with Gasteiger partial charge < -0.3 is 15.4 Å². The van der Waals surface area contributed by atoms with E-state index in [4.69, 9.17) is 10.5 Å². The predicted molar refractivity (Wildman–Crippen MR) is 78.4 cm³/mol. The Morgan fingerprint density at radius 3 is 2.89 bits per heavy atom. The average Bonchev–Trinajstić information content (AvgIpc) is 2.43. The summed E-state index contributed by atoms with van der Waals surface area (Å²) < 4.78 is 5.79. The lowest BCUT2D eigenvalue weighted by molar-refractivity contribution is 0.226. The van der Waals surface area contributed by atoms with Crippen LogP contribution in [0.3, 0.4) is 0 Å². The van der Waals surface area contributed by atoms with E-state index in [-0.39, 0.29) is 0 Å². The van der Waals surface area contributed by atoms with E-state index in [0.717, 1.165) is 23.1 Å². The molecule has 19 heavy (non-hydrogen) atoms. The van der Waals surface area contributed by atoms with E-state index in [1.54, 1.807) is 6.20 Å². The van der Waals surface area contributed by atoms with Crippen molar-refractivity contribution in [3.05, 3.63) is 36.5 Å². The van der Waals surface area contributed by atoms with E-state index in [1.165, 1.54) is 0 Å². The number of rotatable bonds is 6. The van der Waals surface area contributed by atoms with E-state index in [1.807, 2.05) is 44.4 Å². The lowest BCUT2D eigenvalue weighted by Crippen LogP contribution is -2.36. The zero-order valence-corrected chi connectivity index (χ0v) is 11.5. The Balaban J connectivity index is 1.94. The molecule has 0 aliphatic rings. The summed E-state index contributed by atoms with van der Waals surface area (Å²) in [7, 11) is 4.08. The van der Waals surface area contributed by atoms with Crippen molar-refractivity contribution >= 4 is 10.9 Å². The molecule has 0 spiro atoms. The van der Waals surface area contributed by atoms with E-state index >= 15 is 0 Å². The minimum absolute atomic E-state index is 0.363. The van der Waals surface area contributed by atoms with Crippen LogP contribution in [0.4, 0.5) is 0 Å². The van der Waals surface area contributed by atoms with Gasteiger partial charge in [0.05, 0.1) is 12.1 Å². The van der Waals surface area contributed by atoms with E-state index in [2.05, 4.69) is 9.88 Å². The summed E-state index contributed by atoms with van der Waals surface area (Å²) in [4.78, 5) is 6.42. The maximum atomic E-state index is 5.79. The van der Waals surface area contributed by atoms with Gasteiger partial charge in [-0.15, -0.1) is 0 Å². The third-order valence-corrected chi connectivity index (χ3v) is 3.30. The molecule has 1 unspecified atom stereocenters. The number of hydrogen-bond acceptors (Lipinski definition) is 4. The molecule has 1 heterocycles. The van der Waals surface area contributed by atoms with Crippen LogP contribution in [0.25, 0.3) is 10.9 Å². The van der Waals surface area contributed by atoms with Crippen molar-refractivity contribution in [1.29, 1.82) is 0 Å². The molecule has 2 rings (SSSR count). The van der Waals surface area contributed by atoms with Crippen LogP contribution in [-0.4, -0.2) is 43.2 Å². The van der Waals surface area contributed by atoms with Gasteiger partial charge in [0.25, 0.3) is 0 Å². The number of aromatic nitrogens is 1. The summed E-state index contributed by atoms with van der Waals surface area (Å²) >= 11 is 0. The van der Waals surface area contributed by atoms with Crippen LogP contribution < -0.4 is 10.5 Å². The van der Waals surface area contributed by atoms with Crippen LogP contribution >= 0.6 is 0 Å². The van der Waals surface area contributed by atoms with Gasteiger partial charge in [-0.3, -0.25) is 4.98 Å². The standard InChI is InChI=1S/C15H21N3O/c1-18(2)13(11-16)7-9-19-14-5-6-15-12(10-14)4-3-8-17-15/h3-6,8,10,13H,7,9,11,16H2,1-2H3. The molecule has 0 bridgehead atoms. The van der Waals surface area contributed by atoms with Crippen molar-refractivity contribution < 1.29 is 4.74 Å². The fourth-order valence-electron chi connectivity index (χ4n) is 2.04. The molecule has 1 aromatic heterocycles. The minimum Gasteiger partial charge on any atom is -0.494 e. The molecule has 0 fully saturated rings. The van der Waals surface area contributed by atoms with Gasteiger partial charge in [-0.2, -0.15) is 0 Å². The molecular weight excluding hydrogens is 238 g/mol. The maximum absolute atomic E-state index is 5.79. The SMILES string of the molecule is CN(C)C(CN)CCOc1ccc2ncccc2c1. The molecule has 2 N–H and O–H groups in total. The van der Waals surface area contributed by atoms with Crippen LogP contribution in [0.5, 0.6) is 5.75 Å². The number of hydrogen-bond donors (Lipinski definition) is 1. The van der Waals surface area contributed by atoms with Crippen molar-refractivity contribution in [2.24, 2.45) is 5.73 Å². The zero-order chi connectivity index (χ0) is 13.7. The number of fused-ring (bicyclic) bond motifs is 1. The molecule has 2 aromatic rings. The second-order valence-electron chi connectivity index (χ2n) is 4.85. The Morgan fingerprint density at radius 2 is 2.16 bits per heavy atom. The quantitative estimate of drug-likeness (QED) is 0.860. The molecule has 0 aliphatic heterocycles. The Hall–Kier alpha value is -1.65. The van der Waals surface area contributed by atoms with Crippen LogP contribution in [0.1, 0.15) is 6.42 Å². The Labute approximate surface area is 114 Å². The van der Waals surface area contributed by atoms with Gasteiger partial charge >= 0.3 is 0 Å². The Morgan fingerprint density at radius 1 is 1.32 bits per heavy atom. The van der Waals surface area contributed by atoms with Crippen molar-refractivity contribution in [3.63, 3.8) is 0 Å². The fraction of sp³-hybridized carbons (Fsp3) is 0.400. The summed E-state index contributed by atoms with van der Waals surface area (Å²) in [5, 5.41) is 1.10. The Kier molecular flexibility index (Phi) is 4.71. The number of ether oxygens (including phenoxy) is 1. The first-order chi connectivity index (χ1) is 9.20. The summed E-state index contributed by atoms with van der Waals surface area (Å²) in [5.74, 6) is 0.884. The highest BCUT2D eigenvalue weighted by Gasteiger charge is 2.08. The number of nitrogens with zero attached hydrogens (tertiary/aromatic N) is 2. The molecule has 0 radical (unpaired) electrons. The number of pyridine rings is 1. The number of benzene rings is 1. The average molecular weight is 259 g/mol. The summed E-state index contributed by atoms with van der Waals surface area (Å²) in [6.45, 7) is 1.32. The molecule has 0 aliphatic carbocycles. The second-order valence-corrected chi connectivity index (χ2v) is 4.85. The van der Waals surface area contributed by atoms with Gasteiger partial charge in [-0.25, -0.2) is 0 Å². The lowest BCUT2D eigenvalue weighted by atomic mass is 10.2. The molecule has 0 saturated carbocycles. The fourth-order valence-corrected chi connectivity index (χ4v) is 2.04. The molecule has 4 nitrogen and oxygen atoms in total. The molecule has 0 amide bonds. The third kappa shape index (κ3) is 3.66. The van der Waals surface area contributed by atoms with Crippen LogP contribution in [0, 0.1) is 0 Å². The zero-order valence-electron chi connectivity index (χ0n) is 11.5. The summed E-state index contributed by atoms with van der Waals surface area (Å²) in [5.41, 5.74) is 6.71. The third-order valence-electron chi connectivity index (χ3n) is 3.30. The summed E-state index contributed by atoms with van der Waals surface area (Å²) in [6, 6.07) is 10.3. The topological polar surface area (TPSA) is 51.4 Å². The Bertz CT molecular complexity index is 528. The van der Waals surface area contributed by atoms with Gasteiger partial charge in [0.2, 0.25) is 0 Å². The van der Waals surface area contributed by atoms with Gasteiger partial charge in [0.1, 0.15) is 5.75 Å². The first-order valence-corrected chi connectivity index (χ1v) is 6.55. The smallest absolute Gasteiger partial charge is 0.120 e. The highest BCUT2D eigenvalue weighted by atomic mass is 16.5. The van der Waals surface area contributed by atoms with Crippen molar-refractivity contribution in [2.75, 3.05) is 27.2 Å². The minimum atomic E-state index is 0.363. The van der Waals surface area contributed by atoms with E-state index in [0.29, 0.717) is 19.2 Å². The van der Waals surface area contributed by atoms with Crippen LogP contribution in [0.2, 0.25) is 0 Å². The van der Waals surface area contributed by atoms with Crippen LogP contribution in [0.15, 0.2) is 36.5 Å². The number of likely N-dealkylation sites (N-methyl/N-ethyl adjacent to an activating group) is 1. The normalized spacial score (nSPS) is 12.8. The van der Waals surface area contributed by atoms with Gasteiger partial charge in [0, 0.05) is 24.2 Å².